The van der Waals surface area contributed by atoms with Gasteiger partial charge in [-0.25, -0.2) is 13.8 Å². The van der Waals surface area contributed by atoms with Crippen LogP contribution >= 0.6 is 11.3 Å². The predicted molar refractivity (Wildman–Crippen MR) is 111 cm³/mol. The molecule has 30 heavy (non-hydrogen) atoms. The van der Waals surface area contributed by atoms with Crippen LogP contribution in [0, 0.1) is 11.6 Å². The van der Waals surface area contributed by atoms with Crippen molar-refractivity contribution in [3.63, 3.8) is 0 Å². The van der Waals surface area contributed by atoms with Gasteiger partial charge < -0.3 is 15.2 Å². The number of anilines is 1. The molecule has 0 saturated carbocycles. The van der Waals surface area contributed by atoms with Gasteiger partial charge in [0.25, 0.3) is 0 Å². The van der Waals surface area contributed by atoms with Gasteiger partial charge in [-0.2, -0.15) is 0 Å². The Morgan fingerprint density at radius 2 is 2.13 bits per heavy atom. The van der Waals surface area contributed by atoms with Crippen molar-refractivity contribution in [2.24, 2.45) is 0 Å². The number of halogens is 2. The zero-order valence-corrected chi connectivity index (χ0v) is 17.1. The van der Waals surface area contributed by atoms with Crippen LogP contribution in [0.1, 0.15) is 13.3 Å². The summed E-state index contributed by atoms with van der Waals surface area (Å²) in [6, 6.07) is 10.1. The number of fused-ring (bicyclic) bond motifs is 1. The molecule has 0 aliphatic carbocycles. The second-order valence-corrected chi connectivity index (χ2v) is 8.63. The zero-order chi connectivity index (χ0) is 21.3. The van der Waals surface area contributed by atoms with Crippen LogP contribution in [0.25, 0.3) is 10.2 Å². The number of hydrogen-bond acceptors (Lipinski definition) is 6. The van der Waals surface area contributed by atoms with Crippen molar-refractivity contribution in [2.75, 3.05) is 25.0 Å². The number of amides is 1. The van der Waals surface area contributed by atoms with Crippen molar-refractivity contribution < 1.29 is 23.4 Å². The van der Waals surface area contributed by atoms with Gasteiger partial charge in [-0.1, -0.05) is 17.4 Å². The summed E-state index contributed by atoms with van der Waals surface area (Å²) in [6.07, 6.45) is -0.0326. The number of piperidine rings is 1. The highest BCUT2D eigenvalue weighted by Crippen LogP contribution is 2.28. The van der Waals surface area contributed by atoms with E-state index in [1.165, 1.54) is 35.6 Å². The first-order chi connectivity index (χ1) is 14.3. The number of hydrogen-bond donors (Lipinski definition) is 2. The van der Waals surface area contributed by atoms with Crippen LogP contribution in [0.15, 0.2) is 42.5 Å². The van der Waals surface area contributed by atoms with E-state index in [0.29, 0.717) is 34.1 Å². The molecule has 1 saturated heterocycles. The van der Waals surface area contributed by atoms with E-state index in [0.717, 1.165) is 0 Å². The van der Waals surface area contributed by atoms with Crippen LogP contribution in [-0.4, -0.2) is 52.2 Å². The van der Waals surface area contributed by atoms with Crippen molar-refractivity contribution in [1.82, 2.24) is 9.88 Å². The van der Waals surface area contributed by atoms with E-state index in [2.05, 4.69) is 10.3 Å². The maximum Gasteiger partial charge on any atom is 0.240 e. The minimum Gasteiger partial charge on any atom is -0.487 e. The van der Waals surface area contributed by atoms with Gasteiger partial charge in [0.2, 0.25) is 5.91 Å². The Morgan fingerprint density at radius 1 is 1.33 bits per heavy atom. The fourth-order valence-electron chi connectivity index (χ4n) is 3.58. The summed E-state index contributed by atoms with van der Waals surface area (Å²) in [5.74, 6) is -0.665. The molecule has 0 spiro atoms. The highest BCUT2D eigenvalue weighted by Gasteiger charge is 2.40. The maximum atomic E-state index is 13.4. The molecule has 0 bridgehead atoms. The third kappa shape index (κ3) is 4.75. The Balaban J connectivity index is 1.34. The highest BCUT2D eigenvalue weighted by atomic mass is 32.1. The number of rotatable bonds is 5. The lowest BCUT2D eigenvalue weighted by molar-refractivity contribution is -0.123. The number of aliphatic hydroxyl groups is 1. The van der Waals surface area contributed by atoms with Crippen molar-refractivity contribution in [1.29, 1.82) is 0 Å². The normalized spacial score (nSPS) is 22.2. The zero-order valence-electron chi connectivity index (χ0n) is 16.3. The van der Waals surface area contributed by atoms with E-state index in [1.807, 2.05) is 4.90 Å². The van der Waals surface area contributed by atoms with E-state index >= 15 is 0 Å². The van der Waals surface area contributed by atoms with E-state index < -0.39 is 17.5 Å². The maximum absolute atomic E-state index is 13.4. The van der Waals surface area contributed by atoms with Gasteiger partial charge >= 0.3 is 0 Å². The summed E-state index contributed by atoms with van der Waals surface area (Å²) in [6.45, 7) is 2.48. The van der Waals surface area contributed by atoms with E-state index in [4.69, 9.17) is 4.74 Å². The molecule has 2 heterocycles. The molecule has 158 valence electrons. The van der Waals surface area contributed by atoms with Gasteiger partial charge in [0.05, 0.1) is 16.8 Å². The molecule has 1 amide bonds. The summed E-state index contributed by atoms with van der Waals surface area (Å²) < 4.78 is 33.1. The third-order valence-electron chi connectivity index (χ3n) is 4.98. The Morgan fingerprint density at radius 3 is 2.90 bits per heavy atom. The first kappa shape index (κ1) is 20.6. The van der Waals surface area contributed by atoms with Gasteiger partial charge in [0.1, 0.15) is 29.1 Å². The molecule has 2 aromatic carbocycles. The van der Waals surface area contributed by atoms with Crippen LogP contribution in [0.4, 0.5) is 13.9 Å². The standard InChI is InChI=1S/C21H21F2N3O3S/c1-21(28)12-26(8-7-18(21)29-15-4-2-3-13(22)9-15)11-19(27)25-20-24-16-6-5-14(23)10-17(16)30-20/h2-6,9-10,18,28H,7-8,11-12H2,1H3,(H,24,25,27)/t18-,21-/m0/s1. The number of carbonyl (C=O) groups is 1. The fourth-order valence-corrected chi connectivity index (χ4v) is 4.49. The van der Waals surface area contributed by atoms with Gasteiger partial charge in [-0.05, 0) is 43.7 Å². The van der Waals surface area contributed by atoms with Crippen LogP contribution in [-0.2, 0) is 4.79 Å². The molecule has 0 unspecified atom stereocenters. The van der Waals surface area contributed by atoms with E-state index in [9.17, 15) is 18.7 Å². The Bertz CT molecular complexity index is 1070. The molecular weight excluding hydrogens is 412 g/mol. The number of thiazole rings is 1. The molecule has 9 heteroatoms. The number of β-amino-alcohol motifs (C(OH)–C–C–N with tert-alkyl or cyclic N) is 1. The van der Waals surface area contributed by atoms with Crippen molar-refractivity contribution >= 4 is 32.6 Å². The second kappa shape index (κ2) is 8.25. The monoisotopic (exact) mass is 433 g/mol. The lowest BCUT2D eigenvalue weighted by atomic mass is 9.91. The average molecular weight is 433 g/mol. The molecule has 6 nitrogen and oxygen atoms in total. The number of carbonyl (C=O) groups excluding carboxylic acids is 1. The second-order valence-electron chi connectivity index (χ2n) is 7.60. The van der Waals surface area contributed by atoms with Crippen LogP contribution in [0.2, 0.25) is 0 Å². The predicted octanol–water partition coefficient (Wildman–Crippen LogP) is 3.42. The first-order valence-corrected chi connectivity index (χ1v) is 10.3. The lowest BCUT2D eigenvalue weighted by Gasteiger charge is -2.42. The number of likely N-dealkylation sites (tertiary alicyclic amines) is 1. The Hall–Kier alpha value is -2.62. The van der Waals surface area contributed by atoms with Gasteiger partial charge in [-0.15, -0.1) is 0 Å². The summed E-state index contributed by atoms with van der Waals surface area (Å²) in [7, 11) is 0. The quantitative estimate of drug-likeness (QED) is 0.645. The number of ether oxygens (including phenoxy) is 1. The summed E-state index contributed by atoms with van der Waals surface area (Å²) in [5, 5.41) is 14.0. The molecule has 1 fully saturated rings. The van der Waals surface area contributed by atoms with Crippen molar-refractivity contribution in [2.45, 2.75) is 25.0 Å². The average Bonchev–Trinajstić information content (AvgIpc) is 3.04. The van der Waals surface area contributed by atoms with E-state index in [-0.39, 0.29) is 24.8 Å². The number of nitrogens with one attached hydrogen (secondary N) is 1. The van der Waals surface area contributed by atoms with Gasteiger partial charge in [0.15, 0.2) is 5.13 Å². The molecule has 0 radical (unpaired) electrons. The molecule has 3 aromatic rings. The number of aromatic nitrogens is 1. The molecule has 1 aliphatic rings. The van der Waals surface area contributed by atoms with Crippen LogP contribution < -0.4 is 10.1 Å². The molecule has 1 aliphatic heterocycles. The topological polar surface area (TPSA) is 74.7 Å². The summed E-state index contributed by atoms with van der Waals surface area (Å²) in [4.78, 5) is 18.5. The molecule has 4 rings (SSSR count). The minimum atomic E-state index is -1.21. The lowest BCUT2D eigenvalue weighted by Crippen LogP contribution is -2.58. The fraction of sp³-hybridized carbons (Fsp3) is 0.333. The number of nitrogens with zero attached hydrogens (tertiary/aromatic N) is 2. The van der Waals surface area contributed by atoms with Crippen molar-refractivity contribution in [3.05, 3.63) is 54.1 Å². The Kier molecular flexibility index (Phi) is 5.68. The van der Waals surface area contributed by atoms with Crippen LogP contribution in [0.5, 0.6) is 5.75 Å². The SMILES string of the molecule is C[C@]1(O)CN(CC(=O)Nc2nc3ccc(F)cc3s2)CC[C@@H]1Oc1cccc(F)c1. The molecular formula is C21H21F2N3O3S. The highest BCUT2D eigenvalue weighted by molar-refractivity contribution is 7.22. The summed E-state index contributed by atoms with van der Waals surface area (Å²) in [5.41, 5.74) is -0.590. The van der Waals surface area contributed by atoms with Gasteiger partial charge in [0, 0.05) is 19.2 Å². The molecule has 2 N–H and O–H groups in total. The van der Waals surface area contributed by atoms with Crippen LogP contribution in [0.3, 0.4) is 0 Å². The third-order valence-corrected chi connectivity index (χ3v) is 5.92. The number of benzene rings is 2. The van der Waals surface area contributed by atoms with Crippen molar-refractivity contribution in [3.8, 4) is 5.75 Å². The summed E-state index contributed by atoms with van der Waals surface area (Å²) >= 11 is 1.20. The van der Waals surface area contributed by atoms with E-state index in [1.54, 1.807) is 25.1 Å². The molecule has 1 aromatic heterocycles. The first-order valence-electron chi connectivity index (χ1n) is 9.51. The smallest absolute Gasteiger partial charge is 0.240 e. The molecule has 2 atom stereocenters. The Labute approximate surface area is 176 Å². The largest absolute Gasteiger partial charge is 0.487 e. The van der Waals surface area contributed by atoms with Gasteiger partial charge in [-0.3, -0.25) is 9.69 Å². The minimum absolute atomic E-state index is 0.0765.